The standard InChI is InChI=1S/C24H29N3O4/c1-17(2)16-22-26-27-24(31-22)25-21-10-8-20(9-11-21)19-6-4-18(5-7-19)12-14-30-15-13-23(28)29-3/h4-11,17H,12-16H2,1-3H3,(H,25,27). The minimum absolute atomic E-state index is 0.251. The molecule has 2 aromatic carbocycles. The van der Waals surface area contributed by atoms with Crippen LogP contribution < -0.4 is 5.32 Å². The summed E-state index contributed by atoms with van der Waals surface area (Å²) in [6.07, 6.45) is 1.85. The first-order chi connectivity index (χ1) is 15.0. The molecule has 0 aliphatic heterocycles. The van der Waals surface area contributed by atoms with E-state index >= 15 is 0 Å². The molecule has 0 aliphatic carbocycles. The van der Waals surface area contributed by atoms with Gasteiger partial charge < -0.3 is 19.2 Å². The van der Waals surface area contributed by atoms with Crippen LogP contribution in [0.3, 0.4) is 0 Å². The lowest BCUT2D eigenvalue weighted by Crippen LogP contribution is -2.07. The van der Waals surface area contributed by atoms with Gasteiger partial charge in [-0.25, -0.2) is 0 Å². The Morgan fingerprint density at radius 2 is 1.68 bits per heavy atom. The highest BCUT2D eigenvalue weighted by atomic mass is 16.5. The van der Waals surface area contributed by atoms with Crippen molar-refractivity contribution in [3.63, 3.8) is 0 Å². The number of nitrogens with zero attached hydrogens (tertiary/aromatic N) is 2. The Bertz CT molecular complexity index is 950. The van der Waals surface area contributed by atoms with Gasteiger partial charge in [-0.15, -0.1) is 5.10 Å². The summed E-state index contributed by atoms with van der Waals surface area (Å²) in [7, 11) is 1.38. The third kappa shape index (κ3) is 7.22. The van der Waals surface area contributed by atoms with Crippen molar-refractivity contribution in [2.45, 2.75) is 33.1 Å². The highest BCUT2D eigenvalue weighted by Crippen LogP contribution is 2.24. The summed E-state index contributed by atoms with van der Waals surface area (Å²) in [6.45, 7) is 5.19. The van der Waals surface area contributed by atoms with Crippen LogP contribution in [0.5, 0.6) is 0 Å². The van der Waals surface area contributed by atoms with Crippen LogP contribution in [0.15, 0.2) is 52.9 Å². The molecule has 1 heterocycles. The molecule has 0 fully saturated rings. The zero-order chi connectivity index (χ0) is 22.1. The Kier molecular flexibility index (Phi) is 8.18. The molecule has 0 radical (unpaired) electrons. The number of ether oxygens (including phenoxy) is 2. The average molecular weight is 424 g/mol. The van der Waals surface area contributed by atoms with E-state index in [1.54, 1.807) is 0 Å². The van der Waals surface area contributed by atoms with E-state index in [9.17, 15) is 4.79 Å². The summed E-state index contributed by atoms with van der Waals surface area (Å²) in [4.78, 5) is 11.0. The minimum atomic E-state index is -0.251. The van der Waals surface area contributed by atoms with E-state index in [2.05, 4.69) is 70.5 Å². The van der Waals surface area contributed by atoms with Crippen LogP contribution in [0.1, 0.15) is 31.7 Å². The van der Waals surface area contributed by atoms with Gasteiger partial charge in [-0.1, -0.05) is 55.3 Å². The molecule has 0 aliphatic rings. The third-order valence-electron chi connectivity index (χ3n) is 4.69. The number of benzene rings is 2. The smallest absolute Gasteiger partial charge is 0.320 e. The van der Waals surface area contributed by atoms with Crippen molar-refractivity contribution in [3.8, 4) is 11.1 Å². The van der Waals surface area contributed by atoms with Crippen LogP contribution in [-0.4, -0.2) is 36.5 Å². The van der Waals surface area contributed by atoms with Crippen molar-refractivity contribution in [2.75, 3.05) is 25.6 Å². The number of hydrogen-bond acceptors (Lipinski definition) is 7. The van der Waals surface area contributed by atoms with Crippen molar-refractivity contribution >= 4 is 17.7 Å². The first kappa shape index (κ1) is 22.5. The summed E-state index contributed by atoms with van der Waals surface area (Å²) < 4.78 is 15.7. The molecule has 1 N–H and O–H groups in total. The summed E-state index contributed by atoms with van der Waals surface area (Å²) in [5, 5.41) is 11.2. The molecular weight excluding hydrogens is 394 g/mol. The van der Waals surface area contributed by atoms with Gasteiger partial charge in [0.1, 0.15) is 0 Å². The number of carbonyl (C=O) groups is 1. The van der Waals surface area contributed by atoms with E-state index in [0.29, 0.717) is 31.0 Å². The molecule has 3 rings (SSSR count). The zero-order valence-corrected chi connectivity index (χ0v) is 18.3. The lowest BCUT2D eigenvalue weighted by Gasteiger charge is -2.07. The summed E-state index contributed by atoms with van der Waals surface area (Å²) in [5.41, 5.74) is 4.34. The number of methoxy groups -OCH3 is 1. The van der Waals surface area contributed by atoms with Gasteiger partial charge in [0.2, 0.25) is 5.89 Å². The SMILES string of the molecule is COC(=O)CCOCCc1ccc(-c2ccc(Nc3nnc(CC(C)C)o3)cc2)cc1. The number of nitrogens with one attached hydrogen (secondary N) is 1. The van der Waals surface area contributed by atoms with E-state index in [0.717, 1.165) is 29.7 Å². The van der Waals surface area contributed by atoms with E-state index in [1.165, 1.54) is 12.7 Å². The molecule has 1 aromatic heterocycles. The van der Waals surface area contributed by atoms with Crippen LogP contribution in [-0.2, 0) is 27.1 Å². The summed E-state index contributed by atoms with van der Waals surface area (Å²) >= 11 is 0. The fourth-order valence-corrected chi connectivity index (χ4v) is 3.02. The molecule has 3 aromatic rings. The zero-order valence-electron chi connectivity index (χ0n) is 18.3. The van der Waals surface area contributed by atoms with Crippen LogP contribution in [0.25, 0.3) is 11.1 Å². The topological polar surface area (TPSA) is 86.5 Å². The second-order valence-corrected chi connectivity index (χ2v) is 7.69. The Hall–Kier alpha value is -3.19. The van der Waals surface area contributed by atoms with Gasteiger partial charge in [-0.2, -0.15) is 0 Å². The average Bonchev–Trinajstić information content (AvgIpc) is 3.20. The molecule has 7 nitrogen and oxygen atoms in total. The second kappa shape index (κ2) is 11.3. The Morgan fingerprint density at radius 1 is 1.00 bits per heavy atom. The third-order valence-corrected chi connectivity index (χ3v) is 4.69. The first-order valence-electron chi connectivity index (χ1n) is 10.5. The van der Waals surface area contributed by atoms with Gasteiger partial charge in [0.25, 0.3) is 0 Å². The number of aromatic nitrogens is 2. The predicted octanol–water partition coefficient (Wildman–Crippen LogP) is 4.80. The molecule has 0 atom stereocenters. The maximum absolute atomic E-state index is 11.0. The normalized spacial score (nSPS) is 11.0. The molecule has 0 saturated carbocycles. The maximum Gasteiger partial charge on any atom is 0.320 e. The number of rotatable bonds is 11. The van der Waals surface area contributed by atoms with Gasteiger partial charge in [-0.3, -0.25) is 4.79 Å². The van der Waals surface area contributed by atoms with Crippen LogP contribution in [0, 0.1) is 5.92 Å². The van der Waals surface area contributed by atoms with Crippen molar-refractivity contribution in [1.29, 1.82) is 0 Å². The number of esters is 1. The number of anilines is 2. The van der Waals surface area contributed by atoms with Crippen LogP contribution in [0.2, 0.25) is 0 Å². The molecule has 7 heteroatoms. The molecular formula is C24H29N3O4. The molecule has 0 amide bonds. The predicted molar refractivity (Wildman–Crippen MR) is 119 cm³/mol. The highest BCUT2D eigenvalue weighted by molar-refractivity contribution is 5.69. The summed E-state index contributed by atoms with van der Waals surface area (Å²) in [5.74, 6) is 0.861. The molecule has 31 heavy (non-hydrogen) atoms. The van der Waals surface area contributed by atoms with Gasteiger partial charge >= 0.3 is 12.0 Å². The lowest BCUT2D eigenvalue weighted by atomic mass is 10.0. The molecule has 0 spiro atoms. The van der Waals surface area contributed by atoms with Crippen molar-refractivity contribution < 1.29 is 18.7 Å². The minimum Gasteiger partial charge on any atom is -0.469 e. The highest BCUT2D eigenvalue weighted by Gasteiger charge is 2.08. The first-order valence-corrected chi connectivity index (χ1v) is 10.5. The van der Waals surface area contributed by atoms with E-state index in [4.69, 9.17) is 9.15 Å². The maximum atomic E-state index is 11.0. The van der Waals surface area contributed by atoms with Crippen molar-refractivity contribution in [1.82, 2.24) is 10.2 Å². The monoisotopic (exact) mass is 423 g/mol. The van der Waals surface area contributed by atoms with Crippen LogP contribution in [0.4, 0.5) is 11.7 Å². The van der Waals surface area contributed by atoms with E-state index in [1.807, 2.05) is 12.1 Å². The fraction of sp³-hybridized carbons (Fsp3) is 0.375. The number of carbonyl (C=O) groups excluding carboxylic acids is 1. The molecule has 0 saturated heterocycles. The number of hydrogen-bond donors (Lipinski definition) is 1. The molecule has 164 valence electrons. The lowest BCUT2D eigenvalue weighted by molar-refractivity contribution is -0.141. The Labute approximate surface area is 182 Å². The largest absolute Gasteiger partial charge is 0.469 e. The van der Waals surface area contributed by atoms with Gasteiger partial charge in [0, 0.05) is 12.1 Å². The summed E-state index contributed by atoms with van der Waals surface area (Å²) in [6, 6.07) is 16.9. The second-order valence-electron chi connectivity index (χ2n) is 7.69. The van der Waals surface area contributed by atoms with E-state index in [-0.39, 0.29) is 12.4 Å². The van der Waals surface area contributed by atoms with Crippen molar-refractivity contribution in [3.05, 3.63) is 60.0 Å². The Morgan fingerprint density at radius 3 is 2.32 bits per heavy atom. The van der Waals surface area contributed by atoms with Crippen molar-refractivity contribution in [2.24, 2.45) is 5.92 Å². The fourth-order valence-electron chi connectivity index (χ4n) is 3.02. The Balaban J connectivity index is 1.49. The van der Waals surface area contributed by atoms with Crippen LogP contribution >= 0.6 is 0 Å². The van der Waals surface area contributed by atoms with Gasteiger partial charge in [0.15, 0.2) is 0 Å². The quantitative estimate of drug-likeness (QED) is 0.350. The molecule has 0 bridgehead atoms. The van der Waals surface area contributed by atoms with E-state index < -0.39 is 0 Å². The molecule has 0 unspecified atom stereocenters. The van der Waals surface area contributed by atoms with Gasteiger partial charge in [0.05, 0.1) is 26.7 Å². The van der Waals surface area contributed by atoms with Gasteiger partial charge in [-0.05, 0) is 41.2 Å².